The largest absolute Gasteiger partial charge is 0.481 e. The minimum Gasteiger partial charge on any atom is -0.481 e. The summed E-state index contributed by atoms with van der Waals surface area (Å²) in [4.78, 5) is 10.4. The molecule has 1 saturated heterocycles. The average Bonchev–Trinajstić information content (AvgIpc) is 3.20. The van der Waals surface area contributed by atoms with Crippen LogP contribution in [0.2, 0.25) is 0 Å². The molecular formula is C18H34O4. The number of aliphatic hydroxyl groups is 1. The molecule has 130 valence electrons. The van der Waals surface area contributed by atoms with E-state index in [1.165, 1.54) is 19.3 Å². The number of carboxylic acid groups (broad SMARTS) is 1. The number of hydrogen-bond acceptors (Lipinski definition) is 3. The van der Waals surface area contributed by atoms with Crippen LogP contribution in [-0.2, 0) is 9.53 Å². The van der Waals surface area contributed by atoms with Crippen molar-refractivity contribution in [3.8, 4) is 0 Å². The van der Waals surface area contributed by atoms with Gasteiger partial charge in [0, 0.05) is 12.8 Å². The molecule has 0 saturated carbocycles. The van der Waals surface area contributed by atoms with Gasteiger partial charge in [0.05, 0.1) is 18.3 Å². The van der Waals surface area contributed by atoms with Crippen LogP contribution in [0.1, 0.15) is 90.4 Å². The van der Waals surface area contributed by atoms with Gasteiger partial charge in [-0.1, -0.05) is 58.3 Å². The maximum absolute atomic E-state index is 10.4. The number of ether oxygens (including phenoxy) is 1. The Morgan fingerprint density at radius 2 is 1.68 bits per heavy atom. The molecule has 0 aromatic heterocycles. The van der Waals surface area contributed by atoms with Gasteiger partial charge in [-0.25, -0.2) is 0 Å². The molecule has 1 fully saturated rings. The van der Waals surface area contributed by atoms with Crippen LogP contribution >= 0.6 is 0 Å². The van der Waals surface area contributed by atoms with Crippen LogP contribution in [0.3, 0.4) is 0 Å². The molecule has 1 rings (SSSR count). The number of aliphatic hydroxyl groups excluding tert-OH is 1. The van der Waals surface area contributed by atoms with Crippen molar-refractivity contribution in [2.45, 2.75) is 109 Å². The molecule has 0 spiro atoms. The van der Waals surface area contributed by atoms with E-state index in [4.69, 9.17) is 9.84 Å². The molecule has 0 aromatic carbocycles. The summed E-state index contributed by atoms with van der Waals surface area (Å²) < 4.78 is 5.64. The lowest BCUT2D eigenvalue weighted by Gasteiger charge is -2.08. The van der Waals surface area contributed by atoms with Gasteiger partial charge in [0.25, 0.3) is 0 Å². The number of epoxide rings is 1. The quantitative estimate of drug-likeness (QED) is 0.349. The lowest BCUT2D eigenvalue weighted by Crippen LogP contribution is -2.11. The third kappa shape index (κ3) is 10.2. The summed E-state index contributed by atoms with van der Waals surface area (Å²) in [7, 11) is 0. The predicted octanol–water partition coefficient (Wildman–Crippen LogP) is 4.29. The van der Waals surface area contributed by atoms with Crippen LogP contribution in [0.4, 0.5) is 0 Å². The van der Waals surface area contributed by atoms with Gasteiger partial charge >= 0.3 is 5.97 Å². The molecule has 1 heterocycles. The van der Waals surface area contributed by atoms with Gasteiger partial charge < -0.3 is 14.9 Å². The van der Waals surface area contributed by atoms with Crippen LogP contribution < -0.4 is 0 Å². The van der Waals surface area contributed by atoms with Crippen molar-refractivity contribution in [3.63, 3.8) is 0 Å². The maximum Gasteiger partial charge on any atom is 0.303 e. The number of carboxylic acids is 1. The predicted molar refractivity (Wildman–Crippen MR) is 88.0 cm³/mol. The Bertz CT molecular complexity index is 293. The summed E-state index contributed by atoms with van der Waals surface area (Å²) in [5.74, 6) is -0.692. The van der Waals surface area contributed by atoms with Crippen LogP contribution in [-0.4, -0.2) is 34.5 Å². The Balaban J connectivity index is 1.86. The van der Waals surface area contributed by atoms with Crippen molar-refractivity contribution in [1.82, 2.24) is 0 Å². The van der Waals surface area contributed by atoms with Crippen molar-refractivity contribution in [3.05, 3.63) is 0 Å². The molecule has 2 N–H and O–H groups in total. The van der Waals surface area contributed by atoms with Gasteiger partial charge in [-0.15, -0.1) is 0 Å². The highest BCUT2D eigenvalue weighted by molar-refractivity contribution is 5.66. The molecule has 1 aliphatic rings. The summed E-state index contributed by atoms with van der Waals surface area (Å²) in [6.07, 6.45) is 13.6. The van der Waals surface area contributed by atoms with Crippen LogP contribution in [0, 0.1) is 0 Å². The summed E-state index contributed by atoms with van der Waals surface area (Å²) in [6, 6.07) is 0. The van der Waals surface area contributed by atoms with E-state index in [-0.39, 0.29) is 12.2 Å². The Labute approximate surface area is 135 Å². The lowest BCUT2D eigenvalue weighted by molar-refractivity contribution is -0.137. The third-order valence-electron chi connectivity index (χ3n) is 4.46. The normalized spacial score (nSPS) is 21.7. The van der Waals surface area contributed by atoms with E-state index in [9.17, 15) is 9.90 Å². The molecule has 4 heteroatoms. The molecule has 22 heavy (non-hydrogen) atoms. The van der Waals surface area contributed by atoms with Gasteiger partial charge in [0.2, 0.25) is 0 Å². The van der Waals surface area contributed by atoms with Gasteiger partial charge in [0.1, 0.15) is 0 Å². The first-order valence-electron chi connectivity index (χ1n) is 9.18. The Kier molecular flexibility index (Phi) is 10.5. The van der Waals surface area contributed by atoms with Crippen molar-refractivity contribution < 1.29 is 19.7 Å². The average molecular weight is 314 g/mol. The topological polar surface area (TPSA) is 70.1 Å². The molecule has 0 bridgehead atoms. The van der Waals surface area contributed by atoms with Gasteiger partial charge in [0.15, 0.2) is 0 Å². The van der Waals surface area contributed by atoms with Crippen LogP contribution in [0.15, 0.2) is 0 Å². The summed E-state index contributed by atoms with van der Waals surface area (Å²) >= 11 is 0. The number of carbonyl (C=O) groups is 1. The Hall–Kier alpha value is -0.610. The molecule has 1 aliphatic heterocycles. The van der Waals surface area contributed by atoms with Crippen molar-refractivity contribution in [2.75, 3.05) is 0 Å². The summed E-state index contributed by atoms with van der Waals surface area (Å²) in [5.41, 5.74) is 0. The third-order valence-corrected chi connectivity index (χ3v) is 4.46. The monoisotopic (exact) mass is 314 g/mol. The van der Waals surface area contributed by atoms with Crippen LogP contribution in [0.25, 0.3) is 0 Å². The zero-order chi connectivity index (χ0) is 16.2. The number of unbranched alkanes of at least 4 members (excludes halogenated alkanes) is 7. The second-order valence-electron chi connectivity index (χ2n) is 6.65. The van der Waals surface area contributed by atoms with E-state index >= 15 is 0 Å². The first-order chi connectivity index (χ1) is 10.6. The minimum absolute atomic E-state index is 0.192. The first kappa shape index (κ1) is 19.4. The standard InChI is InChI=1S/C18H34O4/c1-2-3-4-8-11-15(19)14-17-16(22-17)12-9-6-5-7-10-13-18(20)21/h15-17,19H,2-14H2,1H3,(H,20,21). The fourth-order valence-electron chi connectivity index (χ4n) is 2.99. The molecule has 4 nitrogen and oxygen atoms in total. The minimum atomic E-state index is -0.692. The molecule has 0 radical (unpaired) electrons. The Morgan fingerprint density at radius 1 is 1.00 bits per heavy atom. The number of hydrogen-bond donors (Lipinski definition) is 2. The van der Waals surface area contributed by atoms with Crippen molar-refractivity contribution in [1.29, 1.82) is 0 Å². The van der Waals surface area contributed by atoms with E-state index in [1.807, 2.05) is 0 Å². The maximum atomic E-state index is 10.4. The molecule has 0 aromatic rings. The molecule has 0 aliphatic carbocycles. The first-order valence-corrected chi connectivity index (χ1v) is 9.18. The number of rotatable bonds is 15. The fourth-order valence-corrected chi connectivity index (χ4v) is 2.99. The second-order valence-corrected chi connectivity index (χ2v) is 6.65. The van der Waals surface area contributed by atoms with E-state index in [1.54, 1.807) is 0 Å². The second kappa shape index (κ2) is 11.9. The molecule has 3 atom stereocenters. The summed E-state index contributed by atoms with van der Waals surface area (Å²) in [5, 5.41) is 18.5. The zero-order valence-electron chi connectivity index (χ0n) is 14.1. The van der Waals surface area contributed by atoms with E-state index in [2.05, 4.69) is 6.92 Å². The van der Waals surface area contributed by atoms with Crippen LogP contribution in [0.5, 0.6) is 0 Å². The molecule has 3 unspecified atom stereocenters. The van der Waals surface area contributed by atoms with Gasteiger partial charge in [-0.05, 0) is 19.3 Å². The molecular weight excluding hydrogens is 280 g/mol. The van der Waals surface area contributed by atoms with Gasteiger partial charge in [-0.3, -0.25) is 4.79 Å². The highest BCUT2D eigenvalue weighted by atomic mass is 16.6. The highest BCUT2D eigenvalue weighted by Crippen LogP contribution is 2.32. The zero-order valence-corrected chi connectivity index (χ0v) is 14.1. The van der Waals surface area contributed by atoms with E-state index in [0.29, 0.717) is 12.5 Å². The van der Waals surface area contributed by atoms with E-state index < -0.39 is 5.97 Å². The molecule has 0 amide bonds. The highest BCUT2D eigenvalue weighted by Gasteiger charge is 2.38. The Morgan fingerprint density at radius 3 is 2.41 bits per heavy atom. The lowest BCUT2D eigenvalue weighted by atomic mass is 10.0. The van der Waals surface area contributed by atoms with Crippen molar-refractivity contribution >= 4 is 5.97 Å². The number of aliphatic carboxylic acids is 1. The van der Waals surface area contributed by atoms with E-state index in [0.717, 1.165) is 57.8 Å². The summed E-state index contributed by atoms with van der Waals surface area (Å²) in [6.45, 7) is 2.20. The fraction of sp³-hybridized carbons (Fsp3) is 0.944. The van der Waals surface area contributed by atoms with Crippen molar-refractivity contribution in [2.24, 2.45) is 0 Å². The van der Waals surface area contributed by atoms with Gasteiger partial charge in [-0.2, -0.15) is 0 Å². The smallest absolute Gasteiger partial charge is 0.303 e. The SMILES string of the molecule is CCCCCCC(O)CC1OC1CCCCCCCC(=O)O.